The van der Waals surface area contributed by atoms with Crippen molar-refractivity contribution in [2.75, 3.05) is 19.4 Å². The van der Waals surface area contributed by atoms with Crippen LogP contribution in [0.15, 0.2) is 42.5 Å². The highest BCUT2D eigenvalue weighted by Crippen LogP contribution is 2.24. The lowest BCUT2D eigenvalue weighted by Gasteiger charge is -2.13. The maximum Gasteiger partial charge on any atom is 0.253 e. The van der Waals surface area contributed by atoms with Crippen molar-refractivity contribution in [3.8, 4) is 5.75 Å². The molecule has 0 bridgehead atoms. The number of rotatable bonds is 4. The summed E-state index contributed by atoms with van der Waals surface area (Å²) in [5, 5.41) is 13.0. The van der Waals surface area contributed by atoms with Gasteiger partial charge < -0.3 is 15.3 Å². The number of carbonyl (C=O) groups is 1. The Morgan fingerprint density at radius 1 is 1.19 bits per heavy atom. The molecule has 0 atom stereocenters. The molecule has 0 saturated carbocycles. The van der Waals surface area contributed by atoms with E-state index in [0.717, 1.165) is 5.56 Å². The molecule has 0 aromatic heterocycles. The third kappa shape index (κ3) is 3.89. The highest BCUT2D eigenvalue weighted by molar-refractivity contribution is 6.33. The van der Waals surface area contributed by atoms with Crippen molar-refractivity contribution in [3.05, 3.63) is 58.6 Å². The fourth-order valence-electron chi connectivity index (χ4n) is 1.86. The normalized spacial score (nSPS) is 10.2. The Morgan fingerprint density at radius 3 is 2.48 bits per heavy atom. The molecule has 2 aromatic carbocycles. The molecule has 4 nitrogen and oxygen atoms in total. The summed E-state index contributed by atoms with van der Waals surface area (Å²) in [6.45, 7) is 0.555. The molecule has 21 heavy (non-hydrogen) atoms. The predicted molar refractivity (Wildman–Crippen MR) is 84.9 cm³/mol. The fourth-order valence-corrected chi connectivity index (χ4v) is 2.05. The van der Waals surface area contributed by atoms with Crippen LogP contribution in [0.4, 0.5) is 5.69 Å². The molecular formula is C16H17ClN2O2. The Bertz CT molecular complexity index is 639. The first-order valence-electron chi connectivity index (χ1n) is 6.50. The second-order valence-electron chi connectivity index (χ2n) is 4.91. The van der Waals surface area contributed by atoms with Gasteiger partial charge in [-0.2, -0.15) is 0 Å². The first-order valence-corrected chi connectivity index (χ1v) is 6.88. The van der Waals surface area contributed by atoms with Crippen LogP contribution in [0.2, 0.25) is 5.02 Å². The first-order chi connectivity index (χ1) is 9.97. The number of nitrogens with one attached hydrogen (secondary N) is 1. The third-order valence-electron chi connectivity index (χ3n) is 3.04. The van der Waals surface area contributed by atoms with Crippen molar-refractivity contribution in [2.45, 2.75) is 6.54 Å². The average molecular weight is 305 g/mol. The van der Waals surface area contributed by atoms with Crippen LogP contribution in [0, 0.1) is 0 Å². The lowest BCUT2D eigenvalue weighted by Crippen LogP contribution is -2.21. The maximum absolute atomic E-state index is 11.9. The molecule has 0 aliphatic carbocycles. The molecule has 0 fully saturated rings. The molecule has 0 unspecified atom stereocenters. The van der Waals surface area contributed by atoms with E-state index in [0.29, 0.717) is 22.8 Å². The van der Waals surface area contributed by atoms with Crippen LogP contribution in [0.1, 0.15) is 15.9 Å². The van der Waals surface area contributed by atoms with Crippen LogP contribution >= 0.6 is 11.6 Å². The highest BCUT2D eigenvalue weighted by atomic mass is 35.5. The van der Waals surface area contributed by atoms with Crippen LogP contribution in [0.5, 0.6) is 5.75 Å². The van der Waals surface area contributed by atoms with Gasteiger partial charge in [-0.3, -0.25) is 4.79 Å². The van der Waals surface area contributed by atoms with E-state index >= 15 is 0 Å². The van der Waals surface area contributed by atoms with Gasteiger partial charge in [0.05, 0.1) is 10.7 Å². The number of aromatic hydroxyl groups is 1. The topological polar surface area (TPSA) is 52.6 Å². The van der Waals surface area contributed by atoms with Gasteiger partial charge in [0.2, 0.25) is 0 Å². The largest absolute Gasteiger partial charge is 0.508 e. The second-order valence-corrected chi connectivity index (χ2v) is 5.32. The van der Waals surface area contributed by atoms with E-state index in [4.69, 9.17) is 11.6 Å². The third-order valence-corrected chi connectivity index (χ3v) is 3.37. The summed E-state index contributed by atoms with van der Waals surface area (Å²) in [4.78, 5) is 13.5. The molecule has 0 heterocycles. The number of phenols is 1. The smallest absolute Gasteiger partial charge is 0.253 e. The Hall–Kier alpha value is -2.20. The molecule has 110 valence electrons. The zero-order valence-corrected chi connectivity index (χ0v) is 12.7. The highest BCUT2D eigenvalue weighted by Gasteiger charge is 2.10. The van der Waals surface area contributed by atoms with Gasteiger partial charge >= 0.3 is 0 Å². The quantitative estimate of drug-likeness (QED) is 0.910. The van der Waals surface area contributed by atoms with E-state index in [2.05, 4.69) is 5.32 Å². The molecule has 2 N–H and O–H groups in total. The van der Waals surface area contributed by atoms with Gasteiger partial charge in [-0.25, -0.2) is 0 Å². The molecule has 5 heteroatoms. The Kier molecular flexibility index (Phi) is 4.70. The number of benzene rings is 2. The van der Waals surface area contributed by atoms with Gasteiger partial charge in [-0.05, 0) is 35.9 Å². The summed E-state index contributed by atoms with van der Waals surface area (Å²) in [6.07, 6.45) is 0. The maximum atomic E-state index is 11.9. The van der Waals surface area contributed by atoms with E-state index in [1.807, 2.05) is 12.1 Å². The molecule has 2 aromatic rings. The van der Waals surface area contributed by atoms with E-state index in [1.165, 1.54) is 4.90 Å². The van der Waals surface area contributed by atoms with Crippen LogP contribution in [-0.4, -0.2) is 30.0 Å². The van der Waals surface area contributed by atoms with Crippen molar-refractivity contribution >= 4 is 23.2 Å². The molecule has 2 rings (SSSR count). The van der Waals surface area contributed by atoms with Gasteiger partial charge in [0.25, 0.3) is 5.91 Å². The molecule has 0 aliphatic rings. The number of anilines is 1. The molecule has 1 amide bonds. The van der Waals surface area contributed by atoms with Crippen LogP contribution in [-0.2, 0) is 6.54 Å². The lowest BCUT2D eigenvalue weighted by atomic mass is 10.1. The van der Waals surface area contributed by atoms with E-state index in [1.54, 1.807) is 44.4 Å². The summed E-state index contributed by atoms with van der Waals surface area (Å²) in [7, 11) is 3.42. The minimum Gasteiger partial charge on any atom is -0.508 e. The predicted octanol–water partition coefficient (Wildman–Crippen LogP) is 3.36. The minimum absolute atomic E-state index is 0.0700. The molecule has 0 saturated heterocycles. The van der Waals surface area contributed by atoms with Crippen LogP contribution in [0.25, 0.3) is 0 Å². The summed E-state index contributed by atoms with van der Waals surface area (Å²) in [5.41, 5.74) is 2.29. The Balaban J connectivity index is 2.14. The first kappa shape index (κ1) is 15.2. The Labute approximate surface area is 129 Å². The van der Waals surface area contributed by atoms with Gasteiger partial charge in [-0.15, -0.1) is 0 Å². The zero-order chi connectivity index (χ0) is 15.4. The van der Waals surface area contributed by atoms with Crippen molar-refractivity contribution in [1.29, 1.82) is 0 Å². The van der Waals surface area contributed by atoms with Gasteiger partial charge in [0.1, 0.15) is 5.75 Å². The number of carbonyl (C=O) groups excluding carboxylic acids is 1. The minimum atomic E-state index is -0.0700. The fraction of sp³-hybridized carbons (Fsp3) is 0.188. The summed E-state index contributed by atoms with van der Waals surface area (Å²) < 4.78 is 0. The molecule has 0 aliphatic heterocycles. The van der Waals surface area contributed by atoms with Gasteiger partial charge in [0.15, 0.2) is 0 Å². The standard InChI is InChI=1S/C16H17ClN2O2/c1-19(2)16(21)12-5-8-14(17)15(9-12)18-10-11-3-6-13(20)7-4-11/h3-9,18,20H,10H2,1-2H3. The molecular weight excluding hydrogens is 288 g/mol. The van der Waals surface area contributed by atoms with Crippen molar-refractivity contribution < 1.29 is 9.90 Å². The monoisotopic (exact) mass is 304 g/mol. The second kappa shape index (κ2) is 6.50. The molecule has 0 spiro atoms. The summed E-state index contributed by atoms with van der Waals surface area (Å²) >= 11 is 6.14. The number of amides is 1. The van der Waals surface area contributed by atoms with Gasteiger partial charge in [-0.1, -0.05) is 23.7 Å². The number of halogens is 1. The van der Waals surface area contributed by atoms with E-state index < -0.39 is 0 Å². The van der Waals surface area contributed by atoms with E-state index in [9.17, 15) is 9.90 Å². The van der Waals surface area contributed by atoms with Crippen molar-refractivity contribution in [2.24, 2.45) is 0 Å². The average Bonchev–Trinajstić information content (AvgIpc) is 2.47. The van der Waals surface area contributed by atoms with Gasteiger partial charge in [0, 0.05) is 26.2 Å². The summed E-state index contributed by atoms with van der Waals surface area (Å²) in [6, 6.07) is 12.1. The van der Waals surface area contributed by atoms with Crippen molar-refractivity contribution in [1.82, 2.24) is 4.90 Å². The zero-order valence-electron chi connectivity index (χ0n) is 11.9. The number of phenolic OH excluding ortho intramolecular Hbond substituents is 1. The SMILES string of the molecule is CN(C)C(=O)c1ccc(Cl)c(NCc2ccc(O)cc2)c1. The molecule has 0 radical (unpaired) electrons. The number of hydrogen-bond donors (Lipinski definition) is 2. The summed E-state index contributed by atoms with van der Waals surface area (Å²) in [5.74, 6) is 0.162. The van der Waals surface area contributed by atoms with Crippen LogP contribution < -0.4 is 5.32 Å². The van der Waals surface area contributed by atoms with Crippen molar-refractivity contribution in [3.63, 3.8) is 0 Å². The number of hydrogen-bond acceptors (Lipinski definition) is 3. The Morgan fingerprint density at radius 2 is 1.86 bits per heavy atom. The lowest BCUT2D eigenvalue weighted by molar-refractivity contribution is 0.0827. The number of nitrogens with zero attached hydrogens (tertiary/aromatic N) is 1. The van der Waals surface area contributed by atoms with Crippen LogP contribution in [0.3, 0.4) is 0 Å². The van der Waals surface area contributed by atoms with E-state index in [-0.39, 0.29) is 11.7 Å².